The van der Waals surface area contributed by atoms with E-state index in [2.05, 4.69) is 32.7 Å². The Hall–Kier alpha value is -1.57. The Morgan fingerprint density at radius 2 is 1.77 bits per heavy atom. The van der Waals surface area contributed by atoms with Gasteiger partial charge in [0.15, 0.2) is 18.4 Å². The van der Waals surface area contributed by atoms with E-state index in [-0.39, 0.29) is 12.5 Å². The first-order valence-electron chi connectivity index (χ1n) is 11.1. The zero-order valence-electron chi connectivity index (χ0n) is 19.5. The smallest absolute Gasteiger partial charge is 0.201 e. The zero-order valence-corrected chi connectivity index (χ0v) is 20.3. The van der Waals surface area contributed by atoms with E-state index in [1.165, 1.54) is 36.7 Å². The number of thiazole rings is 1. The third kappa shape index (κ3) is 11.0. The topological polar surface area (TPSA) is 40.6 Å². The molecule has 0 aliphatic carbocycles. The summed E-state index contributed by atoms with van der Waals surface area (Å²) in [5, 5.41) is 2.63. The molecule has 7 heteroatoms. The molecule has 0 bridgehead atoms. The summed E-state index contributed by atoms with van der Waals surface area (Å²) < 4.78 is 43.4. The van der Waals surface area contributed by atoms with Gasteiger partial charge in [-0.2, -0.15) is 4.39 Å². The summed E-state index contributed by atoms with van der Waals surface area (Å²) in [5.41, 5.74) is 0.995. The minimum atomic E-state index is -1.02. The minimum absolute atomic E-state index is 0.122. The predicted molar refractivity (Wildman–Crippen MR) is 124 cm³/mol. The number of aromatic nitrogens is 1. The number of rotatable bonds is 13. The van der Waals surface area contributed by atoms with Crippen LogP contribution in [0, 0.1) is 24.5 Å². The van der Waals surface area contributed by atoms with Gasteiger partial charge in [-0.15, -0.1) is 11.3 Å². The van der Waals surface area contributed by atoms with Crippen molar-refractivity contribution in [3.05, 3.63) is 34.2 Å². The highest BCUT2D eigenvalue weighted by atomic mass is 32.1. The van der Waals surface area contributed by atoms with Crippen LogP contribution in [0.1, 0.15) is 64.8 Å². The Morgan fingerprint density at radius 3 is 2.39 bits per heavy atom. The lowest BCUT2D eigenvalue weighted by Gasteiger charge is -2.12. The molecule has 0 N–H and O–H groups in total. The van der Waals surface area contributed by atoms with E-state index in [1.807, 2.05) is 6.92 Å². The molecule has 0 unspecified atom stereocenters. The number of hydrogen-bond donors (Lipinski definition) is 0. The van der Waals surface area contributed by atoms with Gasteiger partial charge >= 0.3 is 0 Å². The van der Waals surface area contributed by atoms with Crippen LogP contribution in [0.2, 0.25) is 0 Å². The SMILES string of the molecule is CCCCCOCCC.Cc1nc(-c2ccc(F)c(F)c2OCOCCC(C)C)cs1. The lowest BCUT2D eigenvalue weighted by molar-refractivity contribution is 0.00868. The maximum atomic E-state index is 14.0. The second-order valence-corrected chi connectivity index (χ2v) is 8.72. The monoisotopic (exact) mass is 457 g/mol. The summed E-state index contributed by atoms with van der Waals surface area (Å²) in [6.07, 6.45) is 5.86. The van der Waals surface area contributed by atoms with Gasteiger partial charge in [0.05, 0.1) is 17.3 Å². The molecule has 0 fully saturated rings. The van der Waals surface area contributed by atoms with Crippen LogP contribution in [0.5, 0.6) is 5.75 Å². The summed E-state index contributed by atoms with van der Waals surface area (Å²) >= 11 is 1.44. The molecule has 0 aliphatic heterocycles. The van der Waals surface area contributed by atoms with Crippen LogP contribution in [-0.2, 0) is 9.47 Å². The molecule has 0 spiro atoms. The Balaban J connectivity index is 0.000000452. The van der Waals surface area contributed by atoms with E-state index < -0.39 is 11.6 Å². The normalized spacial score (nSPS) is 10.8. The number of halogens is 2. The Morgan fingerprint density at radius 1 is 1.00 bits per heavy atom. The fourth-order valence-electron chi connectivity index (χ4n) is 2.54. The van der Waals surface area contributed by atoms with Crippen molar-refractivity contribution in [2.24, 2.45) is 5.92 Å². The van der Waals surface area contributed by atoms with Gasteiger partial charge in [0.1, 0.15) is 0 Å². The average molecular weight is 458 g/mol. The second-order valence-electron chi connectivity index (χ2n) is 7.66. The largest absolute Gasteiger partial charge is 0.464 e. The fourth-order valence-corrected chi connectivity index (χ4v) is 3.15. The van der Waals surface area contributed by atoms with E-state index >= 15 is 0 Å². The van der Waals surface area contributed by atoms with Crippen LogP contribution in [0.3, 0.4) is 0 Å². The van der Waals surface area contributed by atoms with Gasteiger partial charge in [0, 0.05) is 24.2 Å². The van der Waals surface area contributed by atoms with Crippen molar-refractivity contribution in [3.63, 3.8) is 0 Å². The number of nitrogens with zero attached hydrogens (tertiary/aromatic N) is 1. The molecule has 1 aromatic carbocycles. The maximum Gasteiger partial charge on any atom is 0.201 e. The third-order valence-corrected chi connectivity index (χ3v) is 5.09. The molecule has 0 amide bonds. The molecule has 2 aromatic rings. The van der Waals surface area contributed by atoms with Gasteiger partial charge in [-0.3, -0.25) is 0 Å². The molecule has 4 nitrogen and oxygen atoms in total. The summed E-state index contributed by atoms with van der Waals surface area (Å²) in [6.45, 7) is 12.6. The summed E-state index contributed by atoms with van der Waals surface area (Å²) in [6, 6.07) is 2.54. The van der Waals surface area contributed by atoms with Gasteiger partial charge in [-0.1, -0.05) is 40.5 Å². The summed E-state index contributed by atoms with van der Waals surface area (Å²) in [4.78, 5) is 4.29. The first-order chi connectivity index (χ1) is 14.9. The van der Waals surface area contributed by atoms with E-state index in [9.17, 15) is 8.78 Å². The fraction of sp³-hybridized carbons (Fsp3) is 0.625. The Bertz CT molecular complexity index is 732. The molecule has 0 radical (unpaired) electrons. The number of hydrogen-bond acceptors (Lipinski definition) is 5. The molecule has 176 valence electrons. The predicted octanol–water partition coefficient (Wildman–Crippen LogP) is 7.40. The first-order valence-corrected chi connectivity index (χ1v) is 12.0. The molecular weight excluding hydrogens is 420 g/mol. The number of aryl methyl sites for hydroxylation is 1. The highest BCUT2D eigenvalue weighted by Gasteiger charge is 2.18. The molecule has 1 aromatic heterocycles. The Kier molecular flexibility index (Phi) is 14.3. The second kappa shape index (κ2) is 16.1. The number of unbranched alkanes of at least 4 members (excludes halogenated alkanes) is 2. The third-order valence-electron chi connectivity index (χ3n) is 4.31. The first kappa shape index (κ1) is 27.5. The van der Waals surface area contributed by atoms with Crippen molar-refractivity contribution >= 4 is 11.3 Å². The zero-order chi connectivity index (χ0) is 23.1. The minimum Gasteiger partial charge on any atom is -0.464 e. The number of benzene rings is 1. The summed E-state index contributed by atoms with van der Waals surface area (Å²) in [7, 11) is 0. The van der Waals surface area contributed by atoms with Crippen LogP contribution in [0.25, 0.3) is 11.3 Å². The standard InChI is InChI=1S/C16H19F2NO2S.C8H18O/c1-10(2)6-7-20-9-21-16-12(4-5-13(17)15(16)18)14-8-22-11(3)19-14;1-3-5-6-8-9-7-4-2/h4-5,8,10H,6-7,9H2,1-3H3;3-8H2,1-2H3. The molecule has 31 heavy (non-hydrogen) atoms. The molecule has 0 saturated carbocycles. The van der Waals surface area contributed by atoms with Crippen molar-refractivity contribution in [2.45, 2.75) is 66.7 Å². The quantitative estimate of drug-likeness (QED) is 0.232. The average Bonchev–Trinajstić information content (AvgIpc) is 3.17. The van der Waals surface area contributed by atoms with Crippen molar-refractivity contribution in [1.29, 1.82) is 0 Å². The van der Waals surface area contributed by atoms with Crippen molar-refractivity contribution < 1.29 is 23.0 Å². The van der Waals surface area contributed by atoms with Crippen LogP contribution < -0.4 is 4.74 Å². The van der Waals surface area contributed by atoms with Crippen molar-refractivity contribution in [1.82, 2.24) is 4.98 Å². The van der Waals surface area contributed by atoms with E-state index in [4.69, 9.17) is 14.2 Å². The van der Waals surface area contributed by atoms with Crippen molar-refractivity contribution in [2.75, 3.05) is 26.6 Å². The maximum absolute atomic E-state index is 14.0. The molecule has 0 atom stereocenters. The molecular formula is C24H37F2NO3S. The number of ether oxygens (including phenoxy) is 3. The molecule has 2 rings (SSSR count). The van der Waals surface area contributed by atoms with Crippen molar-refractivity contribution in [3.8, 4) is 17.0 Å². The molecule has 1 heterocycles. The lowest BCUT2D eigenvalue weighted by Crippen LogP contribution is -2.08. The molecule has 0 saturated heterocycles. The lowest BCUT2D eigenvalue weighted by atomic mass is 10.1. The van der Waals surface area contributed by atoms with Gasteiger partial charge in [0.2, 0.25) is 5.82 Å². The van der Waals surface area contributed by atoms with E-state index in [0.717, 1.165) is 37.1 Å². The van der Waals surface area contributed by atoms with Gasteiger partial charge in [0.25, 0.3) is 0 Å². The van der Waals surface area contributed by atoms with Gasteiger partial charge in [-0.25, -0.2) is 9.37 Å². The van der Waals surface area contributed by atoms with E-state index in [0.29, 0.717) is 23.8 Å². The Labute approximate surface area is 190 Å². The highest BCUT2D eigenvalue weighted by molar-refractivity contribution is 7.09. The highest BCUT2D eigenvalue weighted by Crippen LogP contribution is 2.34. The molecule has 0 aliphatic rings. The van der Waals surface area contributed by atoms with E-state index in [1.54, 1.807) is 5.38 Å². The van der Waals surface area contributed by atoms with Gasteiger partial charge in [-0.05, 0) is 44.2 Å². The van der Waals surface area contributed by atoms with Crippen LogP contribution >= 0.6 is 11.3 Å². The van der Waals surface area contributed by atoms with Gasteiger partial charge < -0.3 is 14.2 Å². The van der Waals surface area contributed by atoms with Crippen LogP contribution in [0.4, 0.5) is 8.78 Å². The summed E-state index contributed by atoms with van der Waals surface area (Å²) in [5.74, 6) is -1.61. The van der Waals surface area contributed by atoms with Crippen LogP contribution in [0.15, 0.2) is 17.5 Å². The van der Waals surface area contributed by atoms with Crippen LogP contribution in [-0.4, -0.2) is 31.6 Å².